The highest BCUT2D eigenvalue weighted by molar-refractivity contribution is 5.04. The van der Waals surface area contributed by atoms with Crippen molar-refractivity contribution in [1.82, 2.24) is 4.90 Å². The van der Waals surface area contributed by atoms with Gasteiger partial charge in [0.2, 0.25) is 0 Å². The predicted octanol–water partition coefficient (Wildman–Crippen LogP) is 2.00. The molecule has 1 unspecified atom stereocenters. The van der Waals surface area contributed by atoms with Gasteiger partial charge in [-0.2, -0.15) is 0 Å². The number of hydrogen-bond donors (Lipinski definition) is 1. The van der Waals surface area contributed by atoms with E-state index in [9.17, 15) is 0 Å². The van der Waals surface area contributed by atoms with Crippen LogP contribution in [0.3, 0.4) is 0 Å². The molecule has 1 fully saturated rings. The van der Waals surface area contributed by atoms with Crippen LogP contribution < -0.4 is 5.73 Å². The number of rotatable bonds is 8. The van der Waals surface area contributed by atoms with Crippen LogP contribution in [0.5, 0.6) is 0 Å². The van der Waals surface area contributed by atoms with Crippen molar-refractivity contribution < 1.29 is 9.15 Å². The number of nitrogens with zero attached hydrogens (tertiary/aromatic N) is 1. The molecule has 1 aromatic heterocycles. The highest BCUT2D eigenvalue weighted by atomic mass is 16.5. The summed E-state index contributed by atoms with van der Waals surface area (Å²) >= 11 is 0. The Bertz CT molecular complexity index is 343. The molecule has 1 atom stereocenters. The van der Waals surface area contributed by atoms with Gasteiger partial charge in [0.05, 0.1) is 25.0 Å². The lowest BCUT2D eigenvalue weighted by Gasteiger charge is -2.42. The minimum atomic E-state index is -0.0668. The Kier molecular flexibility index (Phi) is 4.43. The molecule has 1 aliphatic carbocycles. The van der Waals surface area contributed by atoms with Gasteiger partial charge in [-0.3, -0.25) is 4.90 Å². The van der Waals surface area contributed by atoms with Crippen LogP contribution in [0.4, 0.5) is 0 Å². The van der Waals surface area contributed by atoms with Gasteiger partial charge in [0, 0.05) is 19.7 Å². The molecule has 2 N–H and O–H groups in total. The van der Waals surface area contributed by atoms with Crippen LogP contribution in [0.15, 0.2) is 22.8 Å². The van der Waals surface area contributed by atoms with E-state index in [0.29, 0.717) is 19.2 Å². The van der Waals surface area contributed by atoms with E-state index in [4.69, 9.17) is 14.9 Å². The molecule has 102 valence electrons. The van der Waals surface area contributed by atoms with Gasteiger partial charge < -0.3 is 14.9 Å². The summed E-state index contributed by atoms with van der Waals surface area (Å²) in [5.41, 5.74) is 5.98. The third-order valence-corrected chi connectivity index (χ3v) is 3.95. The van der Waals surface area contributed by atoms with Crippen molar-refractivity contribution in [3.8, 4) is 0 Å². The molecule has 2 rings (SSSR count). The van der Waals surface area contributed by atoms with E-state index in [1.54, 1.807) is 13.4 Å². The van der Waals surface area contributed by atoms with Crippen LogP contribution in [-0.4, -0.2) is 36.7 Å². The first-order valence-electron chi connectivity index (χ1n) is 6.74. The molecule has 1 heterocycles. The molecule has 0 aromatic carbocycles. The summed E-state index contributed by atoms with van der Waals surface area (Å²) in [6, 6.07) is 4.60. The normalized spacial score (nSPS) is 19.1. The van der Waals surface area contributed by atoms with Crippen LogP contribution >= 0.6 is 0 Å². The minimum absolute atomic E-state index is 0.0668. The van der Waals surface area contributed by atoms with Gasteiger partial charge in [-0.05, 0) is 31.4 Å². The number of nitrogens with two attached hydrogens (primary N) is 1. The molecule has 4 heteroatoms. The van der Waals surface area contributed by atoms with Crippen molar-refractivity contribution in [3.63, 3.8) is 0 Å². The molecule has 18 heavy (non-hydrogen) atoms. The van der Waals surface area contributed by atoms with Crippen LogP contribution in [0.25, 0.3) is 0 Å². The van der Waals surface area contributed by atoms with E-state index in [0.717, 1.165) is 18.7 Å². The second kappa shape index (κ2) is 5.87. The topological polar surface area (TPSA) is 51.6 Å². The molecule has 0 spiro atoms. The Morgan fingerprint density at radius 2 is 2.33 bits per heavy atom. The molecule has 0 amide bonds. The Labute approximate surface area is 109 Å². The van der Waals surface area contributed by atoms with E-state index in [-0.39, 0.29) is 5.54 Å². The predicted molar refractivity (Wildman–Crippen MR) is 71.2 cm³/mol. The van der Waals surface area contributed by atoms with E-state index in [2.05, 4.69) is 11.8 Å². The zero-order valence-electron chi connectivity index (χ0n) is 11.4. The van der Waals surface area contributed by atoms with E-state index < -0.39 is 0 Å². The Morgan fingerprint density at radius 1 is 1.56 bits per heavy atom. The number of furan rings is 1. The Morgan fingerprint density at radius 3 is 2.78 bits per heavy atom. The third kappa shape index (κ3) is 2.76. The highest BCUT2D eigenvalue weighted by Crippen LogP contribution is 2.36. The van der Waals surface area contributed by atoms with E-state index in [1.807, 2.05) is 12.1 Å². The first kappa shape index (κ1) is 13.6. The highest BCUT2D eigenvalue weighted by Gasteiger charge is 2.42. The quantitative estimate of drug-likeness (QED) is 0.769. The van der Waals surface area contributed by atoms with Crippen LogP contribution in [0.1, 0.15) is 31.9 Å². The molecule has 0 saturated heterocycles. The largest absolute Gasteiger partial charge is 0.468 e. The van der Waals surface area contributed by atoms with Crippen molar-refractivity contribution >= 4 is 0 Å². The number of hydrogen-bond acceptors (Lipinski definition) is 4. The molecule has 1 aromatic rings. The second-order valence-electron chi connectivity index (χ2n) is 5.15. The summed E-state index contributed by atoms with van der Waals surface area (Å²) in [6.07, 6.45) is 5.24. The molecular formula is C14H24N2O2. The Hall–Kier alpha value is -0.840. The standard InChI is InChI=1S/C14H24N2O2/c1-3-14(10-15,11-17-2)16(12-6-7-12)9-13-5-4-8-18-13/h4-5,8,12H,3,6-7,9-11,15H2,1-2H3. The SMILES string of the molecule is CCC(CN)(COC)N(Cc1ccco1)C1CC1. The van der Waals surface area contributed by atoms with Gasteiger partial charge >= 0.3 is 0 Å². The first-order valence-corrected chi connectivity index (χ1v) is 6.74. The monoisotopic (exact) mass is 252 g/mol. The molecule has 4 nitrogen and oxygen atoms in total. The summed E-state index contributed by atoms with van der Waals surface area (Å²) < 4.78 is 10.9. The molecule has 0 bridgehead atoms. The number of methoxy groups -OCH3 is 1. The lowest BCUT2D eigenvalue weighted by atomic mass is 9.94. The summed E-state index contributed by atoms with van der Waals surface area (Å²) in [5.74, 6) is 1.00. The fraction of sp³-hybridized carbons (Fsp3) is 0.714. The van der Waals surface area contributed by atoms with E-state index >= 15 is 0 Å². The van der Waals surface area contributed by atoms with Crippen LogP contribution in [0.2, 0.25) is 0 Å². The lowest BCUT2D eigenvalue weighted by Crippen LogP contribution is -2.57. The average Bonchev–Trinajstić information content (AvgIpc) is 3.11. The third-order valence-electron chi connectivity index (χ3n) is 3.95. The van der Waals surface area contributed by atoms with Crippen LogP contribution in [-0.2, 0) is 11.3 Å². The van der Waals surface area contributed by atoms with Crippen molar-refractivity contribution in [2.24, 2.45) is 5.73 Å². The number of ether oxygens (including phenoxy) is 1. The second-order valence-corrected chi connectivity index (χ2v) is 5.15. The van der Waals surface area contributed by atoms with Gasteiger partial charge in [-0.1, -0.05) is 6.92 Å². The van der Waals surface area contributed by atoms with Crippen LogP contribution in [0, 0.1) is 0 Å². The van der Waals surface area contributed by atoms with Gasteiger partial charge in [0.25, 0.3) is 0 Å². The zero-order valence-corrected chi connectivity index (χ0v) is 11.4. The molecule has 1 saturated carbocycles. The van der Waals surface area contributed by atoms with Gasteiger partial charge in [0.1, 0.15) is 5.76 Å². The van der Waals surface area contributed by atoms with Gasteiger partial charge in [-0.25, -0.2) is 0 Å². The molecular weight excluding hydrogens is 228 g/mol. The maximum atomic E-state index is 6.05. The summed E-state index contributed by atoms with van der Waals surface area (Å²) in [7, 11) is 1.75. The van der Waals surface area contributed by atoms with Crippen molar-refractivity contribution in [1.29, 1.82) is 0 Å². The smallest absolute Gasteiger partial charge is 0.117 e. The molecule has 0 radical (unpaired) electrons. The maximum absolute atomic E-state index is 6.05. The molecule has 1 aliphatic rings. The Balaban J connectivity index is 2.16. The minimum Gasteiger partial charge on any atom is -0.468 e. The summed E-state index contributed by atoms with van der Waals surface area (Å²) in [6.45, 7) is 4.31. The van der Waals surface area contributed by atoms with Crippen molar-refractivity contribution in [3.05, 3.63) is 24.2 Å². The van der Waals surface area contributed by atoms with Gasteiger partial charge in [0.15, 0.2) is 0 Å². The van der Waals surface area contributed by atoms with Gasteiger partial charge in [-0.15, -0.1) is 0 Å². The summed E-state index contributed by atoms with van der Waals surface area (Å²) in [5, 5.41) is 0. The van der Waals surface area contributed by atoms with Crippen molar-refractivity contribution in [2.75, 3.05) is 20.3 Å². The maximum Gasteiger partial charge on any atom is 0.117 e. The van der Waals surface area contributed by atoms with E-state index in [1.165, 1.54) is 12.8 Å². The fourth-order valence-electron chi connectivity index (χ4n) is 2.62. The van der Waals surface area contributed by atoms with Crippen molar-refractivity contribution in [2.45, 2.75) is 44.3 Å². The average molecular weight is 252 g/mol. The first-order chi connectivity index (χ1) is 8.75. The zero-order chi connectivity index (χ0) is 13.0. The fourth-order valence-corrected chi connectivity index (χ4v) is 2.62. The molecule has 0 aliphatic heterocycles. The summed E-state index contributed by atoms with van der Waals surface area (Å²) in [4.78, 5) is 2.48. The lowest BCUT2D eigenvalue weighted by molar-refractivity contribution is -0.00293.